The first-order valence-electron chi connectivity index (χ1n) is 12.0. The van der Waals surface area contributed by atoms with E-state index in [0.717, 1.165) is 52.1 Å². The van der Waals surface area contributed by atoms with Crippen molar-refractivity contribution >= 4 is 16.8 Å². The number of carbonyl (C=O) groups excluding carboxylic acids is 1. The van der Waals surface area contributed by atoms with Gasteiger partial charge in [-0.15, -0.1) is 0 Å². The second-order valence-electron chi connectivity index (χ2n) is 9.59. The van der Waals surface area contributed by atoms with Crippen LogP contribution in [0.4, 0.5) is 0 Å². The van der Waals surface area contributed by atoms with Gasteiger partial charge in [-0.3, -0.25) is 9.48 Å². The van der Waals surface area contributed by atoms with Gasteiger partial charge in [0.05, 0.1) is 30.1 Å². The Morgan fingerprint density at radius 1 is 1.17 bits per heavy atom. The van der Waals surface area contributed by atoms with Crippen molar-refractivity contribution in [3.63, 3.8) is 0 Å². The van der Waals surface area contributed by atoms with Crippen molar-refractivity contribution in [2.24, 2.45) is 13.0 Å². The number of fused-ring (bicyclic) bond motifs is 1. The van der Waals surface area contributed by atoms with Crippen molar-refractivity contribution in [2.75, 3.05) is 26.7 Å². The average molecular weight is 470 g/mol. The van der Waals surface area contributed by atoms with Crippen LogP contribution in [-0.4, -0.2) is 52.3 Å². The zero-order valence-corrected chi connectivity index (χ0v) is 20.7. The zero-order valence-electron chi connectivity index (χ0n) is 20.7. The van der Waals surface area contributed by atoms with E-state index in [-0.39, 0.29) is 11.9 Å². The molecule has 1 saturated heterocycles. The highest BCUT2D eigenvalue weighted by atomic mass is 16.5. The Morgan fingerprint density at radius 3 is 2.71 bits per heavy atom. The highest BCUT2D eigenvalue weighted by molar-refractivity contribution is 5.96. The van der Waals surface area contributed by atoms with Crippen LogP contribution in [-0.2, 0) is 7.05 Å². The Labute approximate surface area is 205 Å². The Kier molecular flexibility index (Phi) is 6.26. The number of amides is 1. The summed E-state index contributed by atoms with van der Waals surface area (Å²) in [5, 5.41) is 8.51. The Hall–Kier alpha value is -3.71. The molecule has 1 aliphatic heterocycles. The summed E-state index contributed by atoms with van der Waals surface area (Å²) in [6, 6.07) is 15.6. The highest BCUT2D eigenvalue weighted by Crippen LogP contribution is 2.29. The lowest BCUT2D eigenvalue weighted by molar-refractivity contribution is 0.0855. The van der Waals surface area contributed by atoms with E-state index in [2.05, 4.69) is 22.4 Å². The fourth-order valence-corrected chi connectivity index (χ4v) is 4.70. The molecule has 0 bridgehead atoms. The molecule has 0 saturated carbocycles. The number of nitrogens with zero attached hydrogens (tertiary/aromatic N) is 4. The van der Waals surface area contributed by atoms with E-state index < -0.39 is 0 Å². The SMILES string of the molecule is Cc1ccc(OCC2CN(C)C2)cc1C(=O)N[C@H](C)c1cc(-c2cnn(C)c2)nc2ccccc12. The molecule has 180 valence electrons. The maximum Gasteiger partial charge on any atom is 0.252 e. The Balaban J connectivity index is 1.38. The number of aryl methyl sites for hydroxylation is 2. The molecule has 0 aliphatic carbocycles. The lowest BCUT2D eigenvalue weighted by atomic mass is 9.99. The summed E-state index contributed by atoms with van der Waals surface area (Å²) < 4.78 is 7.76. The normalized spacial score (nSPS) is 15.1. The van der Waals surface area contributed by atoms with E-state index in [1.165, 1.54) is 0 Å². The van der Waals surface area contributed by atoms with Gasteiger partial charge < -0.3 is 15.0 Å². The van der Waals surface area contributed by atoms with Crippen molar-refractivity contribution in [3.8, 4) is 17.0 Å². The van der Waals surface area contributed by atoms with Crippen LogP contribution in [0.2, 0.25) is 0 Å². The number of ether oxygens (including phenoxy) is 1. The highest BCUT2D eigenvalue weighted by Gasteiger charge is 2.24. The largest absolute Gasteiger partial charge is 0.493 e. The first-order chi connectivity index (χ1) is 16.9. The molecule has 1 N–H and O–H groups in total. The van der Waals surface area contributed by atoms with Gasteiger partial charge in [0, 0.05) is 48.8 Å². The number of hydrogen-bond donors (Lipinski definition) is 1. The van der Waals surface area contributed by atoms with Gasteiger partial charge in [0.2, 0.25) is 0 Å². The maximum absolute atomic E-state index is 13.3. The standard InChI is InChI=1S/C28H31N5O2/c1-18-9-10-22(35-17-20-14-32(3)15-20)11-24(18)28(34)30-19(2)25-12-27(21-13-29-33(4)16-21)31-26-8-6-5-7-23(25)26/h5-13,16,19-20H,14-15,17H2,1-4H3,(H,30,34)/t19-/m1/s1. The van der Waals surface area contributed by atoms with Crippen molar-refractivity contribution < 1.29 is 9.53 Å². The summed E-state index contributed by atoms with van der Waals surface area (Å²) in [4.78, 5) is 20.4. The molecule has 1 atom stereocenters. The molecular weight excluding hydrogens is 438 g/mol. The number of aromatic nitrogens is 3. The van der Waals surface area contributed by atoms with E-state index in [1.807, 2.05) is 75.6 Å². The van der Waals surface area contributed by atoms with Crippen LogP contribution in [0.25, 0.3) is 22.2 Å². The molecule has 5 rings (SSSR count). The van der Waals surface area contributed by atoms with Crippen molar-refractivity contribution in [1.82, 2.24) is 25.0 Å². The third-order valence-electron chi connectivity index (χ3n) is 6.64. The van der Waals surface area contributed by atoms with E-state index in [4.69, 9.17) is 9.72 Å². The van der Waals surface area contributed by atoms with E-state index in [0.29, 0.717) is 18.1 Å². The van der Waals surface area contributed by atoms with Crippen LogP contribution in [0.15, 0.2) is 60.9 Å². The topological polar surface area (TPSA) is 72.3 Å². The molecular formula is C28H31N5O2. The maximum atomic E-state index is 13.3. The predicted molar refractivity (Wildman–Crippen MR) is 137 cm³/mol. The van der Waals surface area contributed by atoms with Gasteiger partial charge in [0.1, 0.15) is 5.75 Å². The average Bonchev–Trinajstić information content (AvgIpc) is 3.27. The Morgan fingerprint density at radius 2 is 1.97 bits per heavy atom. The van der Waals surface area contributed by atoms with Crippen LogP contribution in [0.5, 0.6) is 5.75 Å². The number of rotatable bonds is 7. The van der Waals surface area contributed by atoms with E-state index in [1.54, 1.807) is 10.9 Å². The minimum atomic E-state index is -0.222. The monoisotopic (exact) mass is 469 g/mol. The molecule has 7 nitrogen and oxygen atoms in total. The molecule has 0 spiro atoms. The molecule has 1 aliphatic rings. The number of pyridine rings is 1. The number of hydrogen-bond acceptors (Lipinski definition) is 5. The number of nitrogens with one attached hydrogen (secondary N) is 1. The van der Waals surface area contributed by atoms with Crippen LogP contribution < -0.4 is 10.1 Å². The summed E-state index contributed by atoms with van der Waals surface area (Å²) >= 11 is 0. The molecule has 7 heteroatoms. The van der Waals surface area contributed by atoms with Crippen LogP contribution in [0.3, 0.4) is 0 Å². The van der Waals surface area contributed by atoms with Gasteiger partial charge >= 0.3 is 0 Å². The summed E-state index contributed by atoms with van der Waals surface area (Å²) in [6.45, 7) is 6.74. The first-order valence-corrected chi connectivity index (χ1v) is 12.0. The third kappa shape index (κ3) is 4.91. The van der Waals surface area contributed by atoms with E-state index >= 15 is 0 Å². The predicted octanol–water partition coefficient (Wildman–Crippen LogP) is 4.38. The second-order valence-corrected chi connectivity index (χ2v) is 9.59. The van der Waals surface area contributed by atoms with Crippen molar-refractivity contribution in [3.05, 3.63) is 77.6 Å². The molecule has 0 unspecified atom stereocenters. The molecule has 1 fully saturated rings. The minimum Gasteiger partial charge on any atom is -0.493 e. The van der Waals surface area contributed by atoms with Crippen LogP contribution in [0, 0.1) is 12.8 Å². The molecule has 1 amide bonds. The first kappa shape index (κ1) is 23.1. The molecule has 35 heavy (non-hydrogen) atoms. The molecule has 2 aromatic carbocycles. The smallest absolute Gasteiger partial charge is 0.252 e. The molecule has 0 radical (unpaired) electrons. The van der Waals surface area contributed by atoms with Gasteiger partial charge in [0.15, 0.2) is 0 Å². The fourth-order valence-electron chi connectivity index (χ4n) is 4.70. The van der Waals surface area contributed by atoms with Gasteiger partial charge in [-0.05, 0) is 56.3 Å². The lowest BCUT2D eigenvalue weighted by Gasteiger charge is -2.35. The molecule has 2 aromatic heterocycles. The second kappa shape index (κ2) is 9.50. The van der Waals surface area contributed by atoms with Gasteiger partial charge in [-0.1, -0.05) is 24.3 Å². The van der Waals surface area contributed by atoms with Crippen molar-refractivity contribution in [2.45, 2.75) is 19.9 Å². The number of likely N-dealkylation sites (tertiary alicyclic amines) is 1. The van der Waals surface area contributed by atoms with Crippen LogP contribution >= 0.6 is 0 Å². The van der Waals surface area contributed by atoms with Gasteiger partial charge in [-0.2, -0.15) is 5.10 Å². The fraction of sp³-hybridized carbons (Fsp3) is 0.321. The van der Waals surface area contributed by atoms with Gasteiger partial charge in [0.25, 0.3) is 5.91 Å². The Bertz CT molecular complexity index is 1370. The molecule has 4 aromatic rings. The minimum absolute atomic E-state index is 0.118. The van der Waals surface area contributed by atoms with Crippen LogP contribution in [0.1, 0.15) is 34.5 Å². The summed E-state index contributed by atoms with van der Waals surface area (Å²) in [5.41, 5.74) is 5.23. The van der Waals surface area contributed by atoms with Gasteiger partial charge in [-0.25, -0.2) is 4.98 Å². The van der Waals surface area contributed by atoms with E-state index in [9.17, 15) is 4.79 Å². The quantitative estimate of drug-likeness (QED) is 0.435. The summed E-state index contributed by atoms with van der Waals surface area (Å²) in [7, 11) is 4.00. The molecule has 3 heterocycles. The lowest BCUT2D eigenvalue weighted by Crippen LogP contribution is -2.46. The third-order valence-corrected chi connectivity index (χ3v) is 6.64. The number of para-hydroxylation sites is 1. The van der Waals surface area contributed by atoms with Crippen molar-refractivity contribution in [1.29, 1.82) is 0 Å². The zero-order chi connectivity index (χ0) is 24.5. The summed E-state index contributed by atoms with van der Waals surface area (Å²) in [6.07, 6.45) is 3.75. The number of carbonyl (C=O) groups is 1. The number of benzene rings is 2. The summed E-state index contributed by atoms with van der Waals surface area (Å²) in [5.74, 6) is 1.16.